The summed E-state index contributed by atoms with van der Waals surface area (Å²) < 4.78 is 0. The van der Waals surface area contributed by atoms with Gasteiger partial charge in [0.1, 0.15) is 0 Å². The van der Waals surface area contributed by atoms with E-state index in [1.165, 1.54) is 11.3 Å². The molecule has 0 aromatic rings. The minimum atomic E-state index is -0.806. The van der Waals surface area contributed by atoms with Gasteiger partial charge in [0.2, 0.25) is 0 Å². The SMILES string of the molecule is CN(C(=O)O)C1CCC1. The zero-order valence-corrected chi connectivity index (χ0v) is 5.50. The first-order valence-corrected chi connectivity index (χ1v) is 3.17. The number of hydrogen-bond donors (Lipinski definition) is 1. The van der Waals surface area contributed by atoms with E-state index in [4.69, 9.17) is 5.11 Å². The number of carbonyl (C=O) groups is 1. The lowest BCUT2D eigenvalue weighted by atomic mass is 9.92. The minimum Gasteiger partial charge on any atom is -0.465 e. The van der Waals surface area contributed by atoms with Gasteiger partial charge in [-0.15, -0.1) is 0 Å². The van der Waals surface area contributed by atoms with Crippen molar-refractivity contribution in [2.24, 2.45) is 0 Å². The van der Waals surface area contributed by atoms with Gasteiger partial charge in [-0.05, 0) is 19.3 Å². The maximum atomic E-state index is 10.3. The van der Waals surface area contributed by atoms with E-state index in [2.05, 4.69) is 0 Å². The van der Waals surface area contributed by atoms with Gasteiger partial charge >= 0.3 is 6.09 Å². The van der Waals surface area contributed by atoms with E-state index in [1.54, 1.807) is 7.05 Å². The normalized spacial score (nSPS) is 18.8. The topological polar surface area (TPSA) is 40.5 Å². The molecule has 0 spiro atoms. The van der Waals surface area contributed by atoms with Crippen LogP contribution in [0.2, 0.25) is 0 Å². The summed E-state index contributed by atoms with van der Waals surface area (Å²) in [4.78, 5) is 11.7. The number of carboxylic acid groups (broad SMARTS) is 1. The van der Waals surface area contributed by atoms with Crippen molar-refractivity contribution in [3.05, 3.63) is 0 Å². The zero-order chi connectivity index (χ0) is 6.85. The van der Waals surface area contributed by atoms with Gasteiger partial charge < -0.3 is 10.0 Å². The Kier molecular flexibility index (Phi) is 1.60. The van der Waals surface area contributed by atoms with Gasteiger partial charge in [0.25, 0.3) is 0 Å². The van der Waals surface area contributed by atoms with Crippen LogP contribution in [0.25, 0.3) is 0 Å². The van der Waals surface area contributed by atoms with Crippen LogP contribution in [0.1, 0.15) is 19.3 Å². The molecule has 0 saturated heterocycles. The van der Waals surface area contributed by atoms with Crippen LogP contribution in [-0.2, 0) is 0 Å². The quantitative estimate of drug-likeness (QED) is 0.577. The average Bonchev–Trinajstić information content (AvgIpc) is 1.60. The third-order valence-corrected chi connectivity index (χ3v) is 1.92. The van der Waals surface area contributed by atoms with Gasteiger partial charge in [0, 0.05) is 13.1 Å². The fourth-order valence-electron chi connectivity index (χ4n) is 0.930. The van der Waals surface area contributed by atoms with E-state index in [1.807, 2.05) is 0 Å². The smallest absolute Gasteiger partial charge is 0.407 e. The van der Waals surface area contributed by atoms with Crippen molar-refractivity contribution in [3.63, 3.8) is 0 Å². The summed E-state index contributed by atoms with van der Waals surface area (Å²) in [6.45, 7) is 0. The Morgan fingerprint density at radius 3 is 2.33 bits per heavy atom. The molecule has 0 bridgehead atoms. The lowest BCUT2D eigenvalue weighted by molar-refractivity contribution is 0.114. The van der Waals surface area contributed by atoms with Crippen LogP contribution in [0.15, 0.2) is 0 Å². The van der Waals surface area contributed by atoms with Crippen LogP contribution in [-0.4, -0.2) is 29.2 Å². The molecule has 3 heteroatoms. The Hall–Kier alpha value is -0.730. The lowest BCUT2D eigenvalue weighted by Crippen LogP contribution is -2.40. The summed E-state index contributed by atoms with van der Waals surface area (Å²) in [5.41, 5.74) is 0. The van der Waals surface area contributed by atoms with Crippen LogP contribution in [0.5, 0.6) is 0 Å². The number of nitrogens with zero attached hydrogens (tertiary/aromatic N) is 1. The molecule has 52 valence electrons. The molecule has 3 nitrogen and oxygen atoms in total. The molecule has 0 aromatic carbocycles. The van der Waals surface area contributed by atoms with Crippen molar-refractivity contribution in [1.29, 1.82) is 0 Å². The molecular weight excluding hydrogens is 118 g/mol. The Morgan fingerprint density at radius 1 is 1.67 bits per heavy atom. The van der Waals surface area contributed by atoms with Crippen LogP contribution in [0, 0.1) is 0 Å². The second-order valence-electron chi connectivity index (χ2n) is 2.48. The van der Waals surface area contributed by atoms with Crippen LogP contribution in [0.3, 0.4) is 0 Å². The second kappa shape index (κ2) is 2.25. The second-order valence-corrected chi connectivity index (χ2v) is 2.48. The summed E-state index contributed by atoms with van der Waals surface area (Å²) in [5.74, 6) is 0. The fourth-order valence-corrected chi connectivity index (χ4v) is 0.930. The molecule has 1 fully saturated rings. The van der Waals surface area contributed by atoms with E-state index in [9.17, 15) is 4.79 Å². The van der Waals surface area contributed by atoms with Crippen molar-refractivity contribution in [2.75, 3.05) is 7.05 Å². The molecule has 1 saturated carbocycles. The molecule has 1 N–H and O–H groups in total. The number of rotatable bonds is 1. The highest BCUT2D eigenvalue weighted by molar-refractivity contribution is 5.65. The van der Waals surface area contributed by atoms with Crippen LogP contribution >= 0.6 is 0 Å². The van der Waals surface area contributed by atoms with Gasteiger partial charge in [-0.1, -0.05) is 0 Å². The average molecular weight is 129 g/mol. The molecular formula is C6H11NO2. The summed E-state index contributed by atoms with van der Waals surface area (Å²) in [7, 11) is 1.63. The van der Waals surface area contributed by atoms with E-state index in [0.717, 1.165) is 12.8 Å². The Balaban J connectivity index is 2.32. The Labute approximate surface area is 54.3 Å². The summed E-state index contributed by atoms with van der Waals surface area (Å²) in [6.07, 6.45) is 2.47. The molecule has 1 aliphatic rings. The highest BCUT2D eigenvalue weighted by atomic mass is 16.4. The van der Waals surface area contributed by atoms with Gasteiger partial charge in [0.05, 0.1) is 0 Å². The molecule has 1 aliphatic carbocycles. The molecule has 9 heavy (non-hydrogen) atoms. The Bertz CT molecular complexity index is 120. The maximum absolute atomic E-state index is 10.3. The van der Waals surface area contributed by atoms with Crippen LogP contribution < -0.4 is 0 Å². The molecule has 0 unspecified atom stereocenters. The monoisotopic (exact) mass is 129 g/mol. The standard InChI is InChI=1S/C6H11NO2/c1-7(6(8)9)5-3-2-4-5/h5H,2-4H2,1H3,(H,8,9). The number of amides is 1. The third-order valence-electron chi connectivity index (χ3n) is 1.92. The third kappa shape index (κ3) is 1.15. The van der Waals surface area contributed by atoms with Gasteiger partial charge in [-0.25, -0.2) is 4.79 Å². The van der Waals surface area contributed by atoms with Crippen molar-refractivity contribution in [1.82, 2.24) is 4.90 Å². The van der Waals surface area contributed by atoms with Crippen LogP contribution in [0.4, 0.5) is 4.79 Å². The predicted molar refractivity (Wildman–Crippen MR) is 33.4 cm³/mol. The lowest BCUT2D eigenvalue weighted by Gasteiger charge is -2.32. The molecule has 0 aliphatic heterocycles. The van der Waals surface area contributed by atoms with Gasteiger partial charge in [-0.2, -0.15) is 0 Å². The first-order chi connectivity index (χ1) is 4.22. The fraction of sp³-hybridized carbons (Fsp3) is 0.833. The largest absolute Gasteiger partial charge is 0.465 e. The van der Waals surface area contributed by atoms with E-state index in [-0.39, 0.29) is 0 Å². The summed E-state index contributed by atoms with van der Waals surface area (Å²) in [5, 5.41) is 8.44. The van der Waals surface area contributed by atoms with Crippen molar-refractivity contribution in [3.8, 4) is 0 Å². The first kappa shape index (κ1) is 6.39. The van der Waals surface area contributed by atoms with E-state index < -0.39 is 6.09 Å². The van der Waals surface area contributed by atoms with Crippen molar-refractivity contribution in [2.45, 2.75) is 25.3 Å². The summed E-state index contributed by atoms with van der Waals surface area (Å²) in [6, 6.07) is 0.308. The molecule has 0 aromatic heterocycles. The molecule has 0 radical (unpaired) electrons. The Morgan fingerprint density at radius 2 is 2.22 bits per heavy atom. The predicted octanol–water partition coefficient (Wildman–Crippen LogP) is 1.15. The highest BCUT2D eigenvalue weighted by Gasteiger charge is 2.24. The molecule has 0 heterocycles. The van der Waals surface area contributed by atoms with Crippen molar-refractivity contribution >= 4 is 6.09 Å². The first-order valence-electron chi connectivity index (χ1n) is 3.17. The molecule has 1 rings (SSSR count). The van der Waals surface area contributed by atoms with E-state index in [0.29, 0.717) is 6.04 Å². The van der Waals surface area contributed by atoms with Gasteiger partial charge in [0.15, 0.2) is 0 Å². The number of hydrogen-bond acceptors (Lipinski definition) is 1. The molecule has 0 atom stereocenters. The highest BCUT2D eigenvalue weighted by Crippen LogP contribution is 2.23. The minimum absolute atomic E-state index is 0.308. The zero-order valence-electron chi connectivity index (χ0n) is 5.50. The maximum Gasteiger partial charge on any atom is 0.407 e. The van der Waals surface area contributed by atoms with E-state index >= 15 is 0 Å². The summed E-state index contributed by atoms with van der Waals surface area (Å²) >= 11 is 0. The van der Waals surface area contributed by atoms with Gasteiger partial charge in [-0.3, -0.25) is 0 Å². The van der Waals surface area contributed by atoms with Crippen molar-refractivity contribution < 1.29 is 9.90 Å². The molecule has 1 amide bonds.